The van der Waals surface area contributed by atoms with Crippen molar-refractivity contribution in [1.82, 2.24) is 5.32 Å². The second kappa shape index (κ2) is 8.13. The Morgan fingerprint density at radius 2 is 1.92 bits per heavy atom. The predicted molar refractivity (Wildman–Crippen MR) is 89.7 cm³/mol. The van der Waals surface area contributed by atoms with Gasteiger partial charge in [-0.3, -0.25) is 4.79 Å². The third-order valence-corrected chi connectivity index (χ3v) is 3.78. The van der Waals surface area contributed by atoms with Crippen LogP contribution in [0.5, 0.6) is 0 Å². The van der Waals surface area contributed by atoms with Crippen LogP contribution in [0.4, 0.5) is 4.39 Å². The van der Waals surface area contributed by atoms with Crippen LogP contribution in [0.15, 0.2) is 42.5 Å². The lowest BCUT2D eigenvalue weighted by atomic mass is 10.1. The van der Waals surface area contributed by atoms with Crippen molar-refractivity contribution in [2.24, 2.45) is 0 Å². The smallest absolute Gasteiger partial charge is 0.343 e. The van der Waals surface area contributed by atoms with Gasteiger partial charge in [-0.05, 0) is 36.8 Å². The maximum atomic E-state index is 13.6. The average Bonchev–Trinajstić information content (AvgIpc) is 2.52. The van der Waals surface area contributed by atoms with Crippen LogP contribution in [0.3, 0.4) is 0 Å². The quantitative estimate of drug-likeness (QED) is 0.804. The number of esters is 1. The Balaban J connectivity index is 1.92. The molecule has 0 radical (unpaired) electrons. The molecule has 1 atom stereocenters. The van der Waals surface area contributed by atoms with Gasteiger partial charge in [-0.15, -0.1) is 0 Å². The molecule has 0 saturated heterocycles. The van der Waals surface area contributed by atoms with Crippen molar-refractivity contribution in [2.45, 2.75) is 13.0 Å². The Morgan fingerprint density at radius 3 is 2.58 bits per heavy atom. The minimum Gasteiger partial charge on any atom is -0.452 e. The second-order valence-corrected chi connectivity index (χ2v) is 5.86. The van der Waals surface area contributed by atoms with E-state index in [1.165, 1.54) is 12.1 Å². The van der Waals surface area contributed by atoms with Crippen molar-refractivity contribution in [2.75, 3.05) is 6.61 Å². The lowest BCUT2D eigenvalue weighted by molar-refractivity contribution is -0.124. The van der Waals surface area contributed by atoms with Crippen molar-refractivity contribution in [3.05, 3.63) is 69.5 Å². The summed E-state index contributed by atoms with van der Waals surface area (Å²) < 4.78 is 18.4. The Bertz CT molecular complexity index is 747. The van der Waals surface area contributed by atoms with Crippen molar-refractivity contribution >= 4 is 35.1 Å². The van der Waals surface area contributed by atoms with Crippen molar-refractivity contribution in [3.8, 4) is 0 Å². The van der Waals surface area contributed by atoms with Crippen LogP contribution < -0.4 is 5.32 Å². The van der Waals surface area contributed by atoms with Gasteiger partial charge in [0.25, 0.3) is 5.91 Å². The minimum atomic E-state index is -0.997. The molecule has 0 aliphatic rings. The van der Waals surface area contributed by atoms with Gasteiger partial charge in [0.15, 0.2) is 6.61 Å². The SMILES string of the molecule is C[C@@H](NC(=O)COC(=O)c1c(F)cccc1Cl)c1cccc(Cl)c1. The summed E-state index contributed by atoms with van der Waals surface area (Å²) in [5, 5.41) is 3.13. The first-order valence-corrected chi connectivity index (χ1v) is 7.80. The largest absolute Gasteiger partial charge is 0.452 e. The van der Waals surface area contributed by atoms with Crippen LogP contribution in [0.1, 0.15) is 28.9 Å². The molecule has 1 N–H and O–H groups in total. The first-order chi connectivity index (χ1) is 11.4. The highest BCUT2D eigenvalue weighted by atomic mass is 35.5. The molecule has 2 rings (SSSR count). The van der Waals surface area contributed by atoms with Crippen LogP contribution in [-0.4, -0.2) is 18.5 Å². The van der Waals surface area contributed by atoms with E-state index in [1.807, 2.05) is 6.07 Å². The van der Waals surface area contributed by atoms with E-state index >= 15 is 0 Å². The fraction of sp³-hybridized carbons (Fsp3) is 0.176. The molecule has 2 aromatic rings. The number of hydrogen-bond acceptors (Lipinski definition) is 3. The zero-order chi connectivity index (χ0) is 17.7. The van der Waals surface area contributed by atoms with Gasteiger partial charge in [0.05, 0.1) is 11.1 Å². The molecule has 2 aromatic carbocycles. The highest BCUT2D eigenvalue weighted by Crippen LogP contribution is 2.20. The number of ether oxygens (including phenoxy) is 1. The summed E-state index contributed by atoms with van der Waals surface area (Å²) in [6.45, 7) is 1.22. The van der Waals surface area contributed by atoms with E-state index in [2.05, 4.69) is 5.32 Å². The summed E-state index contributed by atoms with van der Waals surface area (Å²) in [6.07, 6.45) is 0. The van der Waals surface area contributed by atoms with E-state index in [1.54, 1.807) is 25.1 Å². The summed E-state index contributed by atoms with van der Waals surface area (Å²) in [4.78, 5) is 23.7. The topological polar surface area (TPSA) is 55.4 Å². The van der Waals surface area contributed by atoms with Gasteiger partial charge in [-0.1, -0.05) is 41.4 Å². The van der Waals surface area contributed by atoms with Crippen molar-refractivity contribution in [3.63, 3.8) is 0 Å². The molecule has 1 amide bonds. The lowest BCUT2D eigenvalue weighted by Gasteiger charge is -2.15. The number of amides is 1. The van der Waals surface area contributed by atoms with Gasteiger partial charge < -0.3 is 10.1 Å². The monoisotopic (exact) mass is 369 g/mol. The van der Waals surface area contributed by atoms with E-state index in [-0.39, 0.29) is 11.1 Å². The Morgan fingerprint density at radius 1 is 1.21 bits per heavy atom. The zero-order valence-corrected chi connectivity index (χ0v) is 14.2. The fourth-order valence-electron chi connectivity index (χ4n) is 2.04. The Labute approximate surface area is 148 Å². The average molecular weight is 370 g/mol. The second-order valence-electron chi connectivity index (χ2n) is 5.02. The third-order valence-electron chi connectivity index (χ3n) is 3.23. The van der Waals surface area contributed by atoms with Gasteiger partial charge in [0, 0.05) is 5.02 Å². The van der Waals surface area contributed by atoms with E-state index in [0.717, 1.165) is 11.6 Å². The van der Waals surface area contributed by atoms with Crippen molar-refractivity contribution < 1.29 is 18.7 Å². The maximum Gasteiger partial charge on any atom is 0.343 e. The summed E-state index contributed by atoms with van der Waals surface area (Å²) in [7, 11) is 0. The van der Waals surface area contributed by atoms with Crippen LogP contribution in [-0.2, 0) is 9.53 Å². The van der Waals surface area contributed by atoms with Crippen LogP contribution in [0.25, 0.3) is 0 Å². The lowest BCUT2D eigenvalue weighted by Crippen LogP contribution is -2.31. The summed E-state index contributed by atoms with van der Waals surface area (Å²) in [6, 6.07) is 10.5. The molecule has 24 heavy (non-hydrogen) atoms. The molecule has 7 heteroatoms. The molecule has 0 saturated carbocycles. The van der Waals surface area contributed by atoms with Gasteiger partial charge in [-0.25, -0.2) is 9.18 Å². The van der Waals surface area contributed by atoms with Crippen LogP contribution in [0.2, 0.25) is 10.0 Å². The van der Waals surface area contributed by atoms with Crippen LogP contribution in [0, 0.1) is 5.82 Å². The highest BCUT2D eigenvalue weighted by molar-refractivity contribution is 6.33. The van der Waals surface area contributed by atoms with Gasteiger partial charge in [0.2, 0.25) is 0 Å². The van der Waals surface area contributed by atoms with Gasteiger partial charge >= 0.3 is 5.97 Å². The third kappa shape index (κ3) is 4.69. The summed E-state index contributed by atoms with van der Waals surface area (Å²) >= 11 is 11.7. The molecule has 0 aliphatic carbocycles. The maximum absolute atomic E-state index is 13.6. The fourth-order valence-corrected chi connectivity index (χ4v) is 2.48. The summed E-state index contributed by atoms with van der Waals surface area (Å²) in [5.41, 5.74) is 0.411. The number of carbonyl (C=O) groups excluding carboxylic acids is 2. The van der Waals surface area contributed by atoms with Crippen LogP contribution >= 0.6 is 23.2 Å². The van der Waals surface area contributed by atoms with E-state index in [0.29, 0.717) is 5.02 Å². The number of benzene rings is 2. The predicted octanol–water partition coefficient (Wildman–Crippen LogP) is 4.17. The van der Waals surface area contributed by atoms with E-state index in [9.17, 15) is 14.0 Å². The molecule has 126 valence electrons. The first-order valence-electron chi connectivity index (χ1n) is 7.04. The first kappa shape index (κ1) is 18.2. The Hall–Kier alpha value is -2.11. The molecular weight excluding hydrogens is 356 g/mol. The number of nitrogens with one attached hydrogen (secondary N) is 1. The number of halogens is 3. The molecule has 0 aliphatic heterocycles. The molecule has 0 heterocycles. The van der Waals surface area contributed by atoms with Gasteiger partial charge in [0.1, 0.15) is 11.4 Å². The zero-order valence-electron chi connectivity index (χ0n) is 12.7. The number of carbonyl (C=O) groups is 2. The molecule has 0 fully saturated rings. The minimum absolute atomic E-state index is 0.0762. The highest BCUT2D eigenvalue weighted by Gasteiger charge is 2.19. The molecule has 4 nitrogen and oxygen atoms in total. The van der Waals surface area contributed by atoms with E-state index < -0.39 is 29.9 Å². The normalized spacial score (nSPS) is 11.7. The molecular formula is C17H14Cl2FNO3. The van der Waals surface area contributed by atoms with E-state index in [4.69, 9.17) is 27.9 Å². The van der Waals surface area contributed by atoms with Gasteiger partial charge in [-0.2, -0.15) is 0 Å². The summed E-state index contributed by atoms with van der Waals surface area (Å²) in [5.74, 6) is -2.33. The molecule has 0 aromatic heterocycles. The number of rotatable bonds is 5. The number of hydrogen-bond donors (Lipinski definition) is 1. The molecule has 0 spiro atoms. The molecule has 0 bridgehead atoms. The van der Waals surface area contributed by atoms with Crippen molar-refractivity contribution in [1.29, 1.82) is 0 Å². The Kier molecular flexibility index (Phi) is 6.17. The standard InChI is InChI=1S/C17H14Cl2FNO3/c1-10(11-4-2-5-12(18)8-11)21-15(22)9-24-17(23)16-13(19)6-3-7-14(16)20/h2-8,10H,9H2,1H3,(H,21,22)/t10-/m1/s1. The molecule has 0 unspecified atom stereocenters.